The maximum absolute atomic E-state index is 13.3. The molecule has 0 radical (unpaired) electrons. The van der Waals surface area contributed by atoms with E-state index in [0.717, 1.165) is 10.4 Å². The van der Waals surface area contributed by atoms with E-state index >= 15 is 0 Å². The van der Waals surface area contributed by atoms with Gasteiger partial charge in [0.1, 0.15) is 13.1 Å². The molecule has 0 unspecified atom stereocenters. The summed E-state index contributed by atoms with van der Waals surface area (Å²) in [4.78, 5) is 41.4. The maximum atomic E-state index is 13.3. The maximum Gasteiger partial charge on any atom is 0.325 e. The van der Waals surface area contributed by atoms with E-state index in [1.165, 1.54) is 11.0 Å². The highest BCUT2D eigenvalue weighted by molar-refractivity contribution is 7.09. The van der Waals surface area contributed by atoms with Gasteiger partial charge >= 0.3 is 12.0 Å². The van der Waals surface area contributed by atoms with Crippen molar-refractivity contribution in [3.8, 4) is 11.5 Å². The van der Waals surface area contributed by atoms with E-state index in [-0.39, 0.29) is 38.9 Å². The lowest BCUT2D eigenvalue weighted by atomic mass is 10.2. The van der Waals surface area contributed by atoms with Crippen LogP contribution in [0.15, 0.2) is 48.4 Å². The number of hydrogen-bond acceptors (Lipinski definition) is 7. The van der Waals surface area contributed by atoms with Crippen LogP contribution in [0.5, 0.6) is 11.5 Å². The molecule has 3 rings (SSSR count). The van der Waals surface area contributed by atoms with Crippen LogP contribution >= 0.6 is 11.3 Å². The summed E-state index contributed by atoms with van der Waals surface area (Å²) in [6, 6.07) is 8.89. The first-order valence-corrected chi connectivity index (χ1v) is 11.4. The van der Waals surface area contributed by atoms with Crippen LogP contribution < -0.4 is 14.8 Å². The van der Waals surface area contributed by atoms with Gasteiger partial charge in [-0.05, 0) is 36.1 Å². The summed E-state index contributed by atoms with van der Waals surface area (Å²) >= 11 is 1.55. The van der Waals surface area contributed by atoms with E-state index in [0.29, 0.717) is 24.6 Å². The molecule has 1 aromatic heterocycles. The Morgan fingerprint density at radius 1 is 1.18 bits per heavy atom. The second-order valence-corrected chi connectivity index (χ2v) is 8.18. The molecule has 176 valence electrons. The standard InChI is InChI=1S/C23H27N3O6S/c1-3-9-25(23(29)24-12-22(28)30-4-2)15-21(27)26(14-18-6-5-10-33-18)13-17-7-8-19-20(11-17)32-16-31-19/h3,5-8,10-11H,1,4,9,12-16H2,2H3,(H,24,29). The smallest absolute Gasteiger partial charge is 0.325 e. The number of nitrogens with zero attached hydrogens (tertiary/aromatic N) is 2. The van der Waals surface area contributed by atoms with Gasteiger partial charge in [-0.2, -0.15) is 0 Å². The number of rotatable bonds is 11. The number of thiophene rings is 1. The number of hydrogen-bond donors (Lipinski definition) is 1. The zero-order valence-corrected chi connectivity index (χ0v) is 19.3. The van der Waals surface area contributed by atoms with Gasteiger partial charge < -0.3 is 29.3 Å². The number of esters is 1. The molecule has 0 saturated heterocycles. The average Bonchev–Trinajstić information content (AvgIpc) is 3.48. The van der Waals surface area contributed by atoms with Crippen LogP contribution in [0.25, 0.3) is 0 Å². The number of amides is 3. The van der Waals surface area contributed by atoms with Crippen molar-refractivity contribution in [1.29, 1.82) is 0 Å². The fourth-order valence-electron chi connectivity index (χ4n) is 3.19. The molecule has 0 saturated carbocycles. The van der Waals surface area contributed by atoms with E-state index in [4.69, 9.17) is 14.2 Å². The van der Waals surface area contributed by atoms with Crippen molar-refractivity contribution < 1.29 is 28.6 Å². The lowest BCUT2D eigenvalue weighted by molar-refractivity contribution is -0.141. The van der Waals surface area contributed by atoms with Crippen LogP contribution in [0.3, 0.4) is 0 Å². The fourth-order valence-corrected chi connectivity index (χ4v) is 3.91. The van der Waals surface area contributed by atoms with Crippen LogP contribution in [0, 0.1) is 0 Å². The van der Waals surface area contributed by atoms with Crippen LogP contribution in [-0.2, 0) is 27.4 Å². The van der Waals surface area contributed by atoms with Crippen molar-refractivity contribution in [2.24, 2.45) is 0 Å². The topological polar surface area (TPSA) is 97.4 Å². The Bertz CT molecular complexity index is 979. The van der Waals surface area contributed by atoms with Gasteiger partial charge in [0.2, 0.25) is 12.7 Å². The SMILES string of the molecule is C=CCN(CC(=O)N(Cc1ccc2c(c1)OCO2)Cc1cccs1)C(=O)NCC(=O)OCC. The number of urea groups is 1. The number of benzene rings is 1. The molecule has 0 fully saturated rings. The van der Waals surface area contributed by atoms with Gasteiger partial charge in [0.25, 0.3) is 0 Å². The summed E-state index contributed by atoms with van der Waals surface area (Å²) in [5, 5.41) is 4.44. The largest absolute Gasteiger partial charge is 0.465 e. The summed E-state index contributed by atoms with van der Waals surface area (Å²) in [7, 11) is 0. The number of nitrogens with one attached hydrogen (secondary N) is 1. The first kappa shape index (κ1) is 24.1. The van der Waals surface area contributed by atoms with Crippen LogP contribution in [0.1, 0.15) is 17.4 Å². The van der Waals surface area contributed by atoms with Gasteiger partial charge in [-0.3, -0.25) is 9.59 Å². The minimum absolute atomic E-state index is 0.150. The summed E-state index contributed by atoms with van der Waals surface area (Å²) in [5.74, 6) is 0.528. The molecular weight excluding hydrogens is 446 g/mol. The van der Waals surface area contributed by atoms with Gasteiger partial charge in [-0.1, -0.05) is 18.2 Å². The summed E-state index contributed by atoms with van der Waals surface area (Å²) in [5.41, 5.74) is 0.881. The summed E-state index contributed by atoms with van der Waals surface area (Å²) < 4.78 is 15.6. The third-order valence-corrected chi connectivity index (χ3v) is 5.60. The highest BCUT2D eigenvalue weighted by Gasteiger charge is 2.23. The first-order valence-electron chi connectivity index (χ1n) is 10.5. The highest BCUT2D eigenvalue weighted by Crippen LogP contribution is 2.33. The average molecular weight is 474 g/mol. The van der Waals surface area contributed by atoms with E-state index in [9.17, 15) is 14.4 Å². The molecule has 33 heavy (non-hydrogen) atoms. The lowest BCUT2D eigenvalue weighted by Crippen LogP contribution is -2.47. The predicted octanol–water partition coefficient (Wildman–Crippen LogP) is 2.77. The third-order valence-electron chi connectivity index (χ3n) is 4.74. The van der Waals surface area contributed by atoms with Crippen molar-refractivity contribution in [2.45, 2.75) is 20.0 Å². The molecule has 0 atom stereocenters. The van der Waals surface area contributed by atoms with Crippen molar-refractivity contribution in [3.05, 3.63) is 58.8 Å². The van der Waals surface area contributed by atoms with Crippen molar-refractivity contribution in [1.82, 2.24) is 15.1 Å². The quantitative estimate of drug-likeness (QED) is 0.398. The monoisotopic (exact) mass is 473 g/mol. The predicted molar refractivity (Wildman–Crippen MR) is 123 cm³/mol. The molecule has 0 spiro atoms. The Morgan fingerprint density at radius 2 is 2.00 bits per heavy atom. The minimum atomic E-state index is -0.546. The van der Waals surface area contributed by atoms with Gasteiger partial charge in [0, 0.05) is 18.0 Å². The molecule has 3 amide bonds. The Hall–Kier alpha value is -3.53. The van der Waals surface area contributed by atoms with Gasteiger partial charge in [-0.25, -0.2) is 4.79 Å². The van der Waals surface area contributed by atoms with E-state index in [2.05, 4.69) is 11.9 Å². The lowest BCUT2D eigenvalue weighted by Gasteiger charge is -2.27. The molecule has 1 aromatic carbocycles. The molecule has 0 bridgehead atoms. The molecule has 9 nitrogen and oxygen atoms in total. The summed E-state index contributed by atoms with van der Waals surface area (Å²) in [6.45, 7) is 6.18. The molecule has 1 aliphatic rings. The fraction of sp³-hybridized carbons (Fsp3) is 0.348. The number of ether oxygens (including phenoxy) is 3. The van der Waals surface area contributed by atoms with E-state index in [1.54, 1.807) is 23.2 Å². The van der Waals surface area contributed by atoms with E-state index in [1.807, 2.05) is 35.7 Å². The number of fused-ring (bicyclic) bond motifs is 1. The second-order valence-electron chi connectivity index (χ2n) is 7.15. The Balaban J connectivity index is 1.69. The normalized spacial score (nSPS) is 11.5. The molecular formula is C23H27N3O6S. The number of carbonyl (C=O) groups is 3. The molecule has 1 aliphatic heterocycles. The minimum Gasteiger partial charge on any atom is -0.465 e. The molecule has 2 heterocycles. The Labute approximate surface area is 196 Å². The van der Waals surface area contributed by atoms with Crippen LogP contribution in [0.2, 0.25) is 0 Å². The van der Waals surface area contributed by atoms with Crippen molar-refractivity contribution in [2.75, 3.05) is 33.0 Å². The molecule has 10 heteroatoms. The zero-order valence-electron chi connectivity index (χ0n) is 18.5. The molecule has 1 N–H and O–H groups in total. The van der Waals surface area contributed by atoms with Crippen LogP contribution in [0.4, 0.5) is 4.79 Å². The first-order chi connectivity index (χ1) is 16.0. The Morgan fingerprint density at radius 3 is 2.73 bits per heavy atom. The van der Waals surface area contributed by atoms with Crippen molar-refractivity contribution >= 4 is 29.2 Å². The number of carbonyl (C=O) groups excluding carboxylic acids is 3. The van der Waals surface area contributed by atoms with Crippen LogP contribution in [-0.4, -0.2) is 60.7 Å². The highest BCUT2D eigenvalue weighted by atomic mass is 32.1. The molecule has 2 aromatic rings. The third kappa shape index (κ3) is 6.98. The zero-order chi connectivity index (χ0) is 23.6. The van der Waals surface area contributed by atoms with Gasteiger partial charge in [0.15, 0.2) is 11.5 Å². The molecule has 0 aliphatic carbocycles. The van der Waals surface area contributed by atoms with E-state index < -0.39 is 12.0 Å². The van der Waals surface area contributed by atoms with Crippen molar-refractivity contribution in [3.63, 3.8) is 0 Å². The van der Waals surface area contributed by atoms with Gasteiger partial charge in [-0.15, -0.1) is 17.9 Å². The summed E-state index contributed by atoms with van der Waals surface area (Å²) in [6.07, 6.45) is 1.53. The van der Waals surface area contributed by atoms with Gasteiger partial charge in [0.05, 0.1) is 13.2 Å². The second kappa shape index (κ2) is 11.9. The Kier molecular flexibility index (Phi) is 8.71.